The molecular formula is C6H8AtNO. The second-order valence-electron chi connectivity index (χ2n) is 2.35. The van der Waals surface area contributed by atoms with E-state index in [2.05, 4.69) is 18.8 Å². The Hall–Kier alpha value is 0.0931. The molecule has 0 aliphatic rings. The average molecular weight is 320 g/mol. The van der Waals surface area contributed by atoms with Crippen LogP contribution in [0.1, 0.15) is 19.5 Å². The Morgan fingerprint density at radius 3 is 2.56 bits per heavy atom. The summed E-state index contributed by atoms with van der Waals surface area (Å²) >= 11 is 1.70. The third-order valence-electron chi connectivity index (χ3n) is 1.04. The van der Waals surface area contributed by atoms with Crippen LogP contribution >= 0.6 is 0 Å². The molecule has 0 saturated heterocycles. The van der Waals surface area contributed by atoms with Gasteiger partial charge >= 0.3 is 69.4 Å². The second-order valence-corrected chi connectivity index (χ2v) is 6.02. The molecule has 0 saturated carbocycles. The van der Waals surface area contributed by atoms with E-state index in [0.29, 0.717) is 0 Å². The van der Waals surface area contributed by atoms with Crippen molar-refractivity contribution in [3.63, 3.8) is 0 Å². The average Bonchev–Trinajstić information content (AvgIpc) is 2.08. The molecule has 0 aliphatic carbocycles. The zero-order valence-electron chi connectivity index (χ0n) is 5.39. The van der Waals surface area contributed by atoms with E-state index in [-0.39, 0.29) is 3.12 Å². The standard InChI is InChI=1S/C6H8AtNO/c1-6(2,7)5-3-9-4-8-5/h3-4H,1-2H3. The molecule has 1 heterocycles. The van der Waals surface area contributed by atoms with Crippen LogP contribution in [0.3, 0.4) is 0 Å². The molecule has 0 atom stereocenters. The molecule has 1 rings (SSSR count). The molecule has 50 valence electrons. The van der Waals surface area contributed by atoms with Gasteiger partial charge in [-0.05, 0) is 0 Å². The van der Waals surface area contributed by atoms with E-state index in [1.807, 2.05) is 0 Å². The fraction of sp³-hybridized carbons (Fsp3) is 0.500. The maximum atomic E-state index is 4.84. The van der Waals surface area contributed by atoms with Gasteiger partial charge < -0.3 is 0 Å². The third-order valence-corrected chi connectivity index (χ3v) is 1.79. The number of oxazole rings is 1. The van der Waals surface area contributed by atoms with Gasteiger partial charge in [-0.15, -0.1) is 0 Å². The molecule has 0 spiro atoms. The molecule has 0 aromatic carbocycles. The second kappa shape index (κ2) is 2.38. The monoisotopic (exact) mass is 320 g/mol. The van der Waals surface area contributed by atoms with Gasteiger partial charge in [-0.3, -0.25) is 0 Å². The van der Waals surface area contributed by atoms with Crippen LogP contribution in [0.5, 0.6) is 0 Å². The van der Waals surface area contributed by atoms with Crippen molar-refractivity contribution < 1.29 is 29.1 Å². The summed E-state index contributed by atoms with van der Waals surface area (Å²) in [6, 6.07) is 0. The van der Waals surface area contributed by atoms with Crippen LogP contribution in [0, 0.1) is 24.7 Å². The van der Waals surface area contributed by atoms with Crippen molar-refractivity contribution in [1.29, 1.82) is 0 Å². The van der Waals surface area contributed by atoms with E-state index >= 15 is 0 Å². The number of nitrogens with zero attached hydrogens (tertiary/aromatic N) is 1. The predicted molar refractivity (Wildman–Crippen MR) is 29.5 cm³/mol. The Kier molecular flexibility index (Phi) is 1.90. The van der Waals surface area contributed by atoms with Gasteiger partial charge in [-0.2, -0.15) is 0 Å². The molecule has 0 amide bonds. The van der Waals surface area contributed by atoms with Crippen molar-refractivity contribution in [3.8, 4) is 0 Å². The number of hydrogen-bond acceptors (Lipinski definition) is 2. The van der Waals surface area contributed by atoms with E-state index in [1.165, 1.54) is 6.39 Å². The van der Waals surface area contributed by atoms with Gasteiger partial charge in [-0.1, -0.05) is 0 Å². The first-order valence-corrected chi connectivity index (χ1v) is 4.15. The molecule has 0 N–H and O–H groups in total. The zero-order valence-corrected chi connectivity index (χ0v) is 8.33. The predicted octanol–water partition coefficient (Wildman–Crippen LogP) is 1.46. The Balaban J connectivity index is 2.90. The summed E-state index contributed by atoms with van der Waals surface area (Å²) in [5.41, 5.74) is 1.03. The molecule has 1 aromatic heterocycles. The molecule has 0 radical (unpaired) electrons. The Morgan fingerprint density at radius 1 is 1.67 bits per heavy atom. The van der Waals surface area contributed by atoms with Crippen molar-refractivity contribution in [2.24, 2.45) is 0 Å². The molecule has 0 unspecified atom stereocenters. The first-order chi connectivity index (χ1) is 4.11. The van der Waals surface area contributed by atoms with Crippen molar-refractivity contribution in [1.82, 2.24) is 4.98 Å². The van der Waals surface area contributed by atoms with Gasteiger partial charge in [0.2, 0.25) is 0 Å². The fourth-order valence-electron chi connectivity index (χ4n) is 0.506. The van der Waals surface area contributed by atoms with Crippen LogP contribution in [-0.4, -0.2) is 4.98 Å². The van der Waals surface area contributed by atoms with E-state index in [4.69, 9.17) is 4.42 Å². The topological polar surface area (TPSA) is 26.0 Å². The number of hydrogen-bond donors (Lipinski definition) is 0. The van der Waals surface area contributed by atoms with Gasteiger partial charge in [0.15, 0.2) is 0 Å². The summed E-state index contributed by atoms with van der Waals surface area (Å²) in [6.45, 7) is 4.25. The van der Waals surface area contributed by atoms with Crippen LogP contribution in [0.25, 0.3) is 0 Å². The molecular weight excluding hydrogens is 312 g/mol. The minimum absolute atomic E-state index is 0.174. The van der Waals surface area contributed by atoms with Crippen molar-refractivity contribution in [2.75, 3.05) is 0 Å². The van der Waals surface area contributed by atoms with Crippen molar-refractivity contribution in [3.05, 3.63) is 18.4 Å². The molecule has 3 heteroatoms. The minimum atomic E-state index is 0.174. The molecule has 2 nitrogen and oxygen atoms in total. The molecule has 0 aliphatic heterocycles. The summed E-state index contributed by atoms with van der Waals surface area (Å²) < 4.78 is 5.01. The summed E-state index contributed by atoms with van der Waals surface area (Å²) in [5.74, 6) is 0. The van der Waals surface area contributed by atoms with Crippen molar-refractivity contribution >= 4 is 0 Å². The van der Waals surface area contributed by atoms with Crippen LogP contribution in [-0.2, 0) is 3.12 Å². The van der Waals surface area contributed by atoms with Crippen molar-refractivity contribution in [2.45, 2.75) is 17.0 Å². The summed E-state index contributed by atoms with van der Waals surface area (Å²) in [6.07, 6.45) is 3.16. The van der Waals surface area contributed by atoms with Gasteiger partial charge in [0.05, 0.1) is 0 Å². The maximum absolute atomic E-state index is 4.84. The van der Waals surface area contributed by atoms with Crippen LogP contribution < -0.4 is 0 Å². The van der Waals surface area contributed by atoms with Gasteiger partial charge in [0.25, 0.3) is 0 Å². The van der Waals surface area contributed by atoms with Gasteiger partial charge in [0.1, 0.15) is 0 Å². The molecule has 9 heavy (non-hydrogen) atoms. The Bertz CT molecular complexity index is 175. The third kappa shape index (κ3) is 1.75. The fourth-order valence-corrected chi connectivity index (χ4v) is 0.869. The molecule has 1 aromatic rings. The molecule has 0 fully saturated rings. The number of rotatable bonds is 1. The van der Waals surface area contributed by atoms with Crippen LogP contribution in [0.2, 0.25) is 0 Å². The SMILES string of the molecule is CC(C)([At])c1cocn1. The van der Waals surface area contributed by atoms with E-state index < -0.39 is 0 Å². The molecule has 0 bridgehead atoms. The normalized spacial score (nSPS) is 11.9. The Labute approximate surface area is 69.5 Å². The number of aromatic nitrogens is 1. The summed E-state index contributed by atoms with van der Waals surface area (Å²) in [4.78, 5) is 4.03. The van der Waals surface area contributed by atoms with Gasteiger partial charge in [-0.25, -0.2) is 0 Å². The Morgan fingerprint density at radius 2 is 2.33 bits per heavy atom. The first kappa shape index (κ1) is 7.20. The van der Waals surface area contributed by atoms with Crippen LogP contribution in [0.15, 0.2) is 17.1 Å². The van der Waals surface area contributed by atoms with E-state index in [1.54, 1.807) is 31.0 Å². The zero-order chi connectivity index (χ0) is 6.91. The van der Waals surface area contributed by atoms with Gasteiger partial charge in [0, 0.05) is 0 Å². The summed E-state index contributed by atoms with van der Waals surface area (Å²) in [5, 5.41) is 0. The summed E-state index contributed by atoms with van der Waals surface area (Å²) in [7, 11) is 0. The first-order valence-electron chi connectivity index (χ1n) is 2.68. The van der Waals surface area contributed by atoms with E-state index in [0.717, 1.165) is 5.69 Å². The van der Waals surface area contributed by atoms with Crippen LogP contribution in [0.4, 0.5) is 0 Å². The van der Waals surface area contributed by atoms with E-state index in [9.17, 15) is 0 Å². The quantitative estimate of drug-likeness (QED) is 0.783.